The fourth-order valence-electron chi connectivity index (χ4n) is 2.21. The molecule has 1 aromatic carbocycles. The van der Waals surface area contributed by atoms with Gasteiger partial charge in [-0.15, -0.1) is 0 Å². The third-order valence-corrected chi connectivity index (χ3v) is 3.25. The molecule has 0 aliphatic heterocycles. The first kappa shape index (κ1) is 15.4. The van der Waals surface area contributed by atoms with E-state index in [0.29, 0.717) is 6.61 Å². The normalized spacial score (nSPS) is 10.6. The van der Waals surface area contributed by atoms with E-state index in [-0.39, 0.29) is 0 Å². The number of hydrogen-bond acceptors (Lipinski definition) is 4. The van der Waals surface area contributed by atoms with Gasteiger partial charge in [-0.05, 0) is 31.2 Å². The van der Waals surface area contributed by atoms with E-state index in [1.165, 1.54) is 0 Å². The number of aromatic nitrogens is 2. The molecule has 2 aromatic rings. The lowest BCUT2D eigenvalue weighted by molar-refractivity contribution is 0.275. The van der Waals surface area contributed by atoms with Crippen LogP contribution in [-0.2, 0) is 19.7 Å². The summed E-state index contributed by atoms with van der Waals surface area (Å²) in [5, 5.41) is 3.12. The standard InChI is InChI=1S/C16H23N3O2/c1-4-7-19-12-18-10-14(19)11-21-15-6-5-13(9-17-2)8-16(15)20-3/h5-6,8,10,12,17H,4,7,9,11H2,1-3H3. The van der Waals surface area contributed by atoms with Crippen LogP contribution in [0.1, 0.15) is 24.6 Å². The third kappa shape index (κ3) is 3.98. The lowest BCUT2D eigenvalue weighted by Crippen LogP contribution is -2.07. The van der Waals surface area contributed by atoms with E-state index in [4.69, 9.17) is 9.47 Å². The van der Waals surface area contributed by atoms with Crippen molar-refractivity contribution in [2.45, 2.75) is 33.0 Å². The maximum absolute atomic E-state index is 5.89. The van der Waals surface area contributed by atoms with Gasteiger partial charge in [-0.1, -0.05) is 13.0 Å². The molecule has 0 radical (unpaired) electrons. The minimum absolute atomic E-state index is 0.488. The average Bonchev–Trinajstić information content (AvgIpc) is 2.94. The molecule has 0 aliphatic rings. The number of rotatable bonds is 8. The molecule has 0 aliphatic carbocycles. The number of nitrogens with one attached hydrogen (secondary N) is 1. The van der Waals surface area contributed by atoms with Crippen molar-refractivity contribution in [3.05, 3.63) is 42.0 Å². The van der Waals surface area contributed by atoms with Gasteiger partial charge in [-0.25, -0.2) is 4.98 Å². The predicted octanol–water partition coefficient (Wildman–Crippen LogP) is 2.60. The molecule has 0 amide bonds. The Labute approximate surface area is 125 Å². The highest BCUT2D eigenvalue weighted by atomic mass is 16.5. The second kappa shape index (κ2) is 7.69. The molecule has 5 heteroatoms. The topological polar surface area (TPSA) is 48.3 Å². The number of methoxy groups -OCH3 is 1. The van der Waals surface area contributed by atoms with Gasteiger partial charge < -0.3 is 19.4 Å². The molecule has 1 heterocycles. The molecule has 21 heavy (non-hydrogen) atoms. The van der Waals surface area contributed by atoms with Crippen LogP contribution in [0.5, 0.6) is 11.5 Å². The van der Waals surface area contributed by atoms with Gasteiger partial charge in [-0.2, -0.15) is 0 Å². The molecule has 2 rings (SSSR count). The van der Waals surface area contributed by atoms with Crippen molar-refractivity contribution < 1.29 is 9.47 Å². The zero-order chi connectivity index (χ0) is 15.1. The Bertz CT molecular complexity index is 566. The molecule has 0 saturated heterocycles. The summed E-state index contributed by atoms with van der Waals surface area (Å²) < 4.78 is 13.4. The van der Waals surface area contributed by atoms with Gasteiger partial charge >= 0.3 is 0 Å². The van der Waals surface area contributed by atoms with E-state index in [9.17, 15) is 0 Å². The molecular weight excluding hydrogens is 266 g/mol. The molecule has 1 aromatic heterocycles. The molecule has 0 saturated carbocycles. The molecule has 0 fully saturated rings. The molecular formula is C16H23N3O2. The summed E-state index contributed by atoms with van der Waals surface area (Å²) in [5.41, 5.74) is 2.23. The quantitative estimate of drug-likeness (QED) is 0.811. The zero-order valence-corrected chi connectivity index (χ0v) is 12.9. The smallest absolute Gasteiger partial charge is 0.161 e. The Morgan fingerprint density at radius 1 is 1.29 bits per heavy atom. The first-order valence-electron chi connectivity index (χ1n) is 7.21. The zero-order valence-electron chi connectivity index (χ0n) is 12.9. The summed E-state index contributed by atoms with van der Waals surface area (Å²) in [6.45, 7) is 4.40. The average molecular weight is 289 g/mol. The largest absolute Gasteiger partial charge is 0.493 e. The molecule has 114 valence electrons. The van der Waals surface area contributed by atoms with Gasteiger partial charge in [0, 0.05) is 13.1 Å². The van der Waals surface area contributed by atoms with Gasteiger partial charge in [0.15, 0.2) is 11.5 Å². The lowest BCUT2D eigenvalue weighted by atomic mass is 10.2. The van der Waals surface area contributed by atoms with Crippen LogP contribution < -0.4 is 14.8 Å². The van der Waals surface area contributed by atoms with Crippen molar-refractivity contribution in [1.29, 1.82) is 0 Å². The summed E-state index contributed by atoms with van der Waals surface area (Å²) in [6, 6.07) is 5.99. The fraction of sp³-hybridized carbons (Fsp3) is 0.438. The summed E-state index contributed by atoms with van der Waals surface area (Å²) >= 11 is 0. The van der Waals surface area contributed by atoms with Gasteiger partial charge in [0.2, 0.25) is 0 Å². The van der Waals surface area contributed by atoms with E-state index in [1.807, 2.05) is 37.8 Å². The van der Waals surface area contributed by atoms with Crippen LogP contribution in [0.25, 0.3) is 0 Å². The van der Waals surface area contributed by atoms with Crippen molar-refractivity contribution in [3.63, 3.8) is 0 Å². The minimum atomic E-state index is 0.488. The van der Waals surface area contributed by atoms with Crippen LogP contribution in [-0.4, -0.2) is 23.7 Å². The summed E-state index contributed by atoms with van der Waals surface area (Å²) in [4.78, 5) is 4.18. The monoisotopic (exact) mass is 289 g/mol. The highest BCUT2D eigenvalue weighted by Gasteiger charge is 2.08. The van der Waals surface area contributed by atoms with Gasteiger partial charge in [-0.3, -0.25) is 0 Å². The van der Waals surface area contributed by atoms with Crippen LogP contribution in [0.2, 0.25) is 0 Å². The van der Waals surface area contributed by atoms with E-state index >= 15 is 0 Å². The van der Waals surface area contributed by atoms with Crippen molar-refractivity contribution in [3.8, 4) is 11.5 Å². The number of hydrogen-bond donors (Lipinski definition) is 1. The second-order valence-electron chi connectivity index (χ2n) is 4.88. The Hall–Kier alpha value is -2.01. The van der Waals surface area contributed by atoms with Gasteiger partial charge in [0.25, 0.3) is 0 Å². The number of benzene rings is 1. The first-order valence-corrected chi connectivity index (χ1v) is 7.21. The number of nitrogens with zero attached hydrogens (tertiary/aromatic N) is 2. The maximum Gasteiger partial charge on any atom is 0.161 e. The van der Waals surface area contributed by atoms with Crippen LogP contribution in [0.3, 0.4) is 0 Å². The number of ether oxygens (including phenoxy) is 2. The Balaban J connectivity index is 2.06. The van der Waals surface area contributed by atoms with Crippen molar-refractivity contribution in [1.82, 2.24) is 14.9 Å². The summed E-state index contributed by atoms with van der Waals surface area (Å²) in [7, 11) is 3.58. The minimum Gasteiger partial charge on any atom is -0.493 e. The van der Waals surface area contributed by atoms with Gasteiger partial charge in [0.1, 0.15) is 6.61 Å². The van der Waals surface area contributed by atoms with Crippen molar-refractivity contribution in [2.75, 3.05) is 14.2 Å². The molecule has 0 spiro atoms. The van der Waals surface area contributed by atoms with Crippen molar-refractivity contribution in [2.24, 2.45) is 0 Å². The van der Waals surface area contributed by atoms with E-state index < -0.39 is 0 Å². The fourth-order valence-corrected chi connectivity index (χ4v) is 2.21. The summed E-state index contributed by atoms with van der Waals surface area (Å²) in [6.07, 6.45) is 4.76. The van der Waals surface area contributed by atoms with E-state index in [0.717, 1.165) is 42.3 Å². The van der Waals surface area contributed by atoms with E-state index in [1.54, 1.807) is 7.11 Å². The first-order chi connectivity index (χ1) is 10.3. The molecule has 5 nitrogen and oxygen atoms in total. The Morgan fingerprint density at radius 3 is 2.86 bits per heavy atom. The van der Waals surface area contributed by atoms with E-state index in [2.05, 4.69) is 21.8 Å². The van der Waals surface area contributed by atoms with Crippen molar-refractivity contribution >= 4 is 0 Å². The second-order valence-corrected chi connectivity index (χ2v) is 4.88. The van der Waals surface area contributed by atoms with Crippen LogP contribution in [0, 0.1) is 0 Å². The van der Waals surface area contributed by atoms with Crippen LogP contribution in [0.15, 0.2) is 30.7 Å². The Kier molecular flexibility index (Phi) is 5.63. The molecule has 0 atom stereocenters. The van der Waals surface area contributed by atoms with Gasteiger partial charge in [0.05, 0.1) is 25.3 Å². The Morgan fingerprint density at radius 2 is 2.14 bits per heavy atom. The summed E-state index contributed by atoms with van der Waals surface area (Å²) in [5.74, 6) is 1.51. The molecule has 0 unspecified atom stereocenters. The highest BCUT2D eigenvalue weighted by molar-refractivity contribution is 5.43. The third-order valence-electron chi connectivity index (χ3n) is 3.25. The molecule has 0 bridgehead atoms. The number of aryl methyl sites for hydroxylation is 1. The molecule has 1 N–H and O–H groups in total. The number of imidazole rings is 1. The SMILES string of the molecule is CCCn1cncc1COc1ccc(CNC)cc1OC. The van der Waals surface area contributed by atoms with Crippen LogP contribution >= 0.6 is 0 Å². The lowest BCUT2D eigenvalue weighted by Gasteiger charge is -2.13. The predicted molar refractivity (Wildman–Crippen MR) is 82.6 cm³/mol. The maximum atomic E-state index is 5.89. The van der Waals surface area contributed by atoms with Crippen LogP contribution in [0.4, 0.5) is 0 Å². The highest BCUT2D eigenvalue weighted by Crippen LogP contribution is 2.28.